The van der Waals surface area contributed by atoms with E-state index in [-0.39, 0.29) is 0 Å². The van der Waals surface area contributed by atoms with Crippen molar-refractivity contribution in [1.29, 1.82) is 5.26 Å². The molecule has 3 nitrogen and oxygen atoms in total. The fourth-order valence-electron chi connectivity index (χ4n) is 2.31. The van der Waals surface area contributed by atoms with Gasteiger partial charge >= 0.3 is 0 Å². The Morgan fingerprint density at radius 2 is 2.12 bits per heavy atom. The summed E-state index contributed by atoms with van der Waals surface area (Å²) < 4.78 is 0. The normalized spacial score (nSPS) is 19.6. The van der Waals surface area contributed by atoms with Gasteiger partial charge in [-0.05, 0) is 43.7 Å². The molecule has 0 radical (unpaired) electrons. The topological polar surface area (TPSA) is 39.1 Å². The van der Waals surface area contributed by atoms with Crippen molar-refractivity contribution in [2.24, 2.45) is 0 Å². The largest absolute Gasteiger partial charge is 0.373 e. The number of nitriles is 1. The van der Waals surface area contributed by atoms with Crippen LogP contribution in [0.5, 0.6) is 0 Å². The first-order chi connectivity index (χ1) is 8.29. The maximum Gasteiger partial charge on any atom is 0.0991 e. The summed E-state index contributed by atoms with van der Waals surface area (Å²) in [5.74, 6) is 0. The smallest absolute Gasteiger partial charge is 0.0991 e. The lowest BCUT2D eigenvalue weighted by Crippen LogP contribution is -2.42. The van der Waals surface area contributed by atoms with Crippen LogP contribution in [0.2, 0.25) is 0 Å². The number of nitrogens with one attached hydrogen (secondary N) is 1. The summed E-state index contributed by atoms with van der Waals surface area (Å²) in [4.78, 5) is 2.25. The molecule has 0 saturated carbocycles. The highest BCUT2D eigenvalue weighted by Crippen LogP contribution is 2.15. The molecule has 1 heterocycles. The molecule has 0 amide bonds. The number of likely N-dealkylation sites (N-methyl/N-ethyl adjacent to an activating group) is 1. The molecule has 1 aromatic rings. The molecule has 0 bridgehead atoms. The molecule has 0 aliphatic carbocycles. The molecular formula is C14H19N3. The number of hydrogen-bond acceptors (Lipinski definition) is 3. The number of piperidine rings is 1. The van der Waals surface area contributed by atoms with Crippen molar-refractivity contribution in [3.05, 3.63) is 29.8 Å². The van der Waals surface area contributed by atoms with Crippen LogP contribution in [0.1, 0.15) is 24.8 Å². The second kappa shape index (κ2) is 5.70. The van der Waals surface area contributed by atoms with E-state index in [1.54, 1.807) is 0 Å². The Morgan fingerprint density at radius 1 is 1.35 bits per heavy atom. The van der Waals surface area contributed by atoms with Crippen LogP contribution in [0.25, 0.3) is 0 Å². The van der Waals surface area contributed by atoms with E-state index >= 15 is 0 Å². The zero-order valence-corrected chi connectivity index (χ0v) is 10.3. The minimum atomic E-state index is 0.601. The van der Waals surface area contributed by atoms with Crippen molar-refractivity contribution in [2.75, 3.05) is 25.0 Å². The van der Waals surface area contributed by atoms with Crippen LogP contribution < -0.4 is 10.2 Å². The van der Waals surface area contributed by atoms with E-state index in [0.29, 0.717) is 6.04 Å². The number of rotatable bonds is 3. The van der Waals surface area contributed by atoms with Crippen LogP contribution in [-0.2, 0) is 0 Å². The van der Waals surface area contributed by atoms with Gasteiger partial charge < -0.3 is 10.2 Å². The lowest BCUT2D eigenvalue weighted by atomic mass is 10.0. The minimum Gasteiger partial charge on any atom is -0.373 e. The highest BCUT2D eigenvalue weighted by atomic mass is 15.1. The summed E-state index contributed by atoms with van der Waals surface area (Å²) in [7, 11) is 2.11. The van der Waals surface area contributed by atoms with Crippen LogP contribution in [-0.4, -0.2) is 26.2 Å². The summed E-state index contributed by atoms with van der Waals surface area (Å²) in [6.45, 7) is 2.18. The zero-order valence-electron chi connectivity index (χ0n) is 10.3. The van der Waals surface area contributed by atoms with Gasteiger partial charge in [0.1, 0.15) is 0 Å². The van der Waals surface area contributed by atoms with Gasteiger partial charge in [-0.15, -0.1) is 0 Å². The van der Waals surface area contributed by atoms with Crippen LogP contribution in [0, 0.1) is 11.3 Å². The Hall–Kier alpha value is -1.53. The summed E-state index contributed by atoms with van der Waals surface area (Å²) in [5, 5.41) is 12.3. The van der Waals surface area contributed by atoms with Crippen molar-refractivity contribution in [2.45, 2.75) is 25.3 Å². The lowest BCUT2D eigenvalue weighted by molar-refractivity contribution is 0.403. The van der Waals surface area contributed by atoms with Crippen molar-refractivity contribution in [3.8, 4) is 6.07 Å². The fourth-order valence-corrected chi connectivity index (χ4v) is 2.31. The first-order valence-electron chi connectivity index (χ1n) is 6.24. The minimum absolute atomic E-state index is 0.601. The van der Waals surface area contributed by atoms with Gasteiger partial charge in [0, 0.05) is 25.3 Å². The second-order valence-corrected chi connectivity index (χ2v) is 4.69. The standard InChI is InChI=1S/C14H19N3/c1-17(11-13-4-2-3-9-16-13)14-7-5-12(10-15)6-8-14/h5-8,13,16H,2-4,9,11H2,1H3. The molecule has 3 heteroatoms. The molecule has 0 aromatic heterocycles. The van der Waals surface area contributed by atoms with Crippen molar-refractivity contribution in [1.82, 2.24) is 5.32 Å². The predicted molar refractivity (Wildman–Crippen MR) is 70.1 cm³/mol. The lowest BCUT2D eigenvalue weighted by Gasteiger charge is -2.29. The molecule has 90 valence electrons. The quantitative estimate of drug-likeness (QED) is 0.863. The second-order valence-electron chi connectivity index (χ2n) is 4.69. The Morgan fingerprint density at radius 3 is 2.71 bits per heavy atom. The monoisotopic (exact) mass is 229 g/mol. The molecule has 1 unspecified atom stereocenters. The molecule has 1 saturated heterocycles. The van der Waals surface area contributed by atoms with Crippen molar-refractivity contribution in [3.63, 3.8) is 0 Å². The summed E-state index contributed by atoms with van der Waals surface area (Å²) in [6, 6.07) is 10.5. The van der Waals surface area contributed by atoms with E-state index in [9.17, 15) is 0 Å². The van der Waals surface area contributed by atoms with Gasteiger partial charge in [0.25, 0.3) is 0 Å². The molecule has 1 fully saturated rings. The first kappa shape index (κ1) is 11.9. The molecule has 1 aromatic carbocycles. The highest BCUT2D eigenvalue weighted by Gasteiger charge is 2.14. The van der Waals surface area contributed by atoms with Crippen LogP contribution in [0.4, 0.5) is 5.69 Å². The van der Waals surface area contributed by atoms with E-state index in [1.165, 1.54) is 24.9 Å². The van der Waals surface area contributed by atoms with E-state index in [1.807, 2.05) is 24.3 Å². The van der Waals surface area contributed by atoms with Gasteiger partial charge in [-0.25, -0.2) is 0 Å². The summed E-state index contributed by atoms with van der Waals surface area (Å²) in [6.07, 6.45) is 3.90. The molecule has 1 aliphatic heterocycles. The number of benzene rings is 1. The Kier molecular flexibility index (Phi) is 4.00. The predicted octanol–water partition coefficient (Wildman–Crippen LogP) is 2.14. The average Bonchev–Trinajstić information content (AvgIpc) is 2.40. The number of anilines is 1. The summed E-state index contributed by atoms with van der Waals surface area (Å²) in [5.41, 5.74) is 1.90. The molecule has 0 spiro atoms. The highest BCUT2D eigenvalue weighted by molar-refractivity contribution is 5.49. The van der Waals surface area contributed by atoms with E-state index in [0.717, 1.165) is 18.7 Å². The maximum atomic E-state index is 8.75. The van der Waals surface area contributed by atoms with E-state index in [2.05, 4.69) is 23.3 Å². The third-order valence-electron chi connectivity index (χ3n) is 3.34. The average molecular weight is 229 g/mol. The van der Waals surface area contributed by atoms with Gasteiger partial charge in [0.2, 0.25) is 0 Å². The van der Waals surface area contributed by atoms with Gasteiger partial charge in [0.05, 0.1) is 11.6 Å². The third kappa shape index (κ3) is 3.21. The Bertz CT molecular complexity index is 385. The van der Waals surface area contributed by atoms with Crippen LogP contribution in [0.3, 0.4) is 0 Å². The van der Waals surface area contributed by atoms with Gasteiger partial charge in [-0.2, -0.15) is 5.26 Å². The van der Waals surface area contributed by atoms with Gasteiger partial charge in [-0.1, -0.05) is 6.42 Å². The molecule has 1 aliphatic rings. The maximum absolute atomic E-state index is 8.75. The van der Waals surface area contributed by atoms with E-state index < -0.39 is 0 Å². The molecule has 1 atom stereocenters. The number of hydrogen-bond donors (Lipinski definition) is 1. The fraction of sp³-hybridized carbons (Fsp3) is 0.500. The Balaban J connectivity index is 1.94. The molecule has 1 N–H and O–H groups in total. The molecule has 2 rings (SSSR count). The first-order valence-corrected chi connectivity index (χ1v) is 6.24. The van der Waals surface area contributed by atoms with Gasteiger partial charge in [-0.3, -0.25) is 0 Å². The van der Waals surface area contributed by atoms with E-state index in [4.69, 9.17) is 5.26 Å². The van der Waals surface area contributed by atoms with Crippen LogP contribution >= 0.6 is 0 Å². The molecular weight excluding hydrogens is 210 g/mol. The third-order valence-corrected chi connectivity index (χ3v) is 3.34. The SMILES string of the molecule is CN(CC1CCCCN1)c1ccc(C#N)cc1. The van der Waals surface area contributed by atoms with Gasteiger partial charge in [0.15, 0.2) is 0 Å². The molecule has 17 heavy (non-hydrogen) atoms. The Labute approximate surface area is 103 Å². The summed E-state index contributed by atoms with van der Waals surface area (Å²) >= 11 is 0. The van der Waals surface area contributed by atoms with Crippen molar-refractivity contribution < 1.29 is 0 Å². The number of nitrogens with zero attached hydrogens (tertiary/aromatic N) is 2. The van der Waals surface area contributed by atoms with Crippen LogP contribution in [0.15, 0.2) is 24.3 Å². The van der Waals surface area contributed by atoms with Crippen molar-refractivity contribution >= 4 is 5.69 Å². The zero-order chi connectivity index (χ0) is 12.1.